The van der Waals surface area contributed by atoms with Crippen molar-refractivity contribution in [1.82, 2.24) is 5.32 Å². The summed E-state index contributed by atoms with van der Waals surface area (Å²) in [6.45, 7) is 4.45. The zero-order valence-electron chi connectivity index (χ0n) is 23.4. The molecule has 1 aliphatic carbocycles. The van der Waals surface area contributed by atoms with Crippen molar-refractivity contribution < 1.29 is 26.4 Å². The monoisotopic (exact) mass is 608 g/mol. The number of rotatable bonds is 9. The number of carbonyl (C=O) groups excluding carboxylic acids is 2. The first kappa shape index (κ1) is 29.6. The van der Waals surface area contributed by atoms with Crippen molar-refractivity contribution in [3.63, 3.8) is 0 Å². The van der Waals surface area contributed by atoms with Crippen LogP contribution in [0.1, 0.15) is 48.2 Å². The molecule has 0 spiro atoms. The van der Waals surface area contributed by atoms with E-state index in [1.165, 1.54) is 12.1 Å². The average Bonchev–Trinajstić information content (AvgIpc) is 2.93. The first-order valence-corrected chi connectivity index (χ1v) is 16.8. The molecule has 1 aliphatic heterocycles. The minimum atomic E-state index is -4.40. The van der Waals surface area contributed by atoms with Crippen LogP contribution in [0.4, 0.5) is 11.4 Å². The smallest absolute Gasteiger partial charge is 0.286 e. The molecule has 1 unspecified atom stereocenters. The summed E-state index contributed by atoms with van der Waals surface area (Å²) in [5.41, 5.74) is 0.673. The first-order valence-electron chi connectivity index (χ1n) is 13.5. The molecular weight excluding hydrogens is 576 g/mol. The Kier molecular flexibility index (Phi) is 7.82. The van der Waals surface area contributed by atoms with E-state index in [1.54, 1.807) is 24.3 Å². The van der Waals surface area contributed by atoms with Gasteiger partial charge < -0.3 is 5.32 Å². The zero-order chi connectivity index (χ0) is 30.3. The van der Waals surface area contributed by atoms with Crippen LogP contribution in [0.3, 0.4) is 0 Å². The maximum Gasteiger partial charge on any atom is 0.286 e. The molecule has 3 N–H and O–H groups in total. The third-order valence-electron chi connectivity index (χ3n) is 7.45. The number of ketones is 2. The minimum Gasteiger partial charge on any atom is -0.341 e. The normalized spacial score (nSPS) is 21.2. The minimum absolute atomic E-state index is 0.0387. The summed E-state index contributed by atoms with van der Waals surface area (Å²) in [5, 5.41) is 6.38. The SMILES string of the molecule is CC(C)CC[C@@]1(NCc2ccccc2)C(=O)C(C2=NS(=O)(=O)c3cc(NS(C)(=O)=O)ccc3N2)C(=O)c2ccccc21. The van der Waals surface area contributed by atoms with Gasteiger partial charge in [-0.2, -0.15) is 8.42 Å². The fourth-order valence-electron chi connectivity index (χ4n) is 5.44. The van der Waals surface area contributed by atoms with E-state index < -0.39 is 43.1 Å². The van der Waals surface area contributed by atoms with E-state index in [2.05, 4.69) is 33.6 Å². The fraction of sp³-hybridized carbons (Fsp3) is 0.300. The Morgan fingerprint density at radius 1 is 1.00 bits per heavy atom. The number of fused-ring (bicyclic) bond motifs is 2. The van der Waals surface area contributed by atoms with Crippen LogP contribution in [0, 0.1) is 11.8 Å². The summed E-state index contributed by atoms with van der Waals surface area (Å²) in [7, 11) is -8.05. The standard InChI is InChI=1S/C30H32N4O6S2/c1-19(2)15-16-30(31-18-20-9-5-4-6-10-20)23-12-8-7-11-22(23)27(35)26(28(30)36)29-32-24-14-13-21(33-41(3,37)38)17-25(24)42(39,40)34-29/h4-14,17,19,26,31,33H,15-16,18H2,1-3H3,(H,32,34)/t26?,30-/m0/s1. The number of anilines is 2. The Labute approximate surface area is 245 Å². The predicted octanol–water partition coefficient (Wildman–Crippen LogP) is 4.07. The largest absolute Gasteiger partial charge is 0.341 e. The van der Waals surface area contributed by atoms with Gasteiger partial charge in [0.15, 0.2) is 11.6 Å². The highest BCUT2D eigenvalue weighted by Gasteiger charge is 2.54. The number of amidine groups is 1. The summed E-state index contributed by atoms with van der Waals surface area (Å²) < 4.78 is 56.2. The van der Waals surface area contributed by atoms with Gasteiger partial charge in [-0.05, 0) is 48.1 Å². The maximum atomic E-state index is 14.6. The summed E-state index contributed by atoms with van der Waals surface area (Å²) >= 11 is 0. The highest BCUT2D eigenvalue weighted by atomic mass is 32.2. The van der Waals surface area contributed by atoms with Gasteiger partial charge in [-0.25, -0.2) is 8.42 Å². The lowest BCUT2D eigenvalue weighted by molar-refractivity contribution is -0.127. The van der Waals surface area contributed by atoms with Crippen LogP contribution in [0.5, 0.6) is 0 Å². The number of sulfonamides is 2. The van der Waals surface area contributed by atoms with Crippen molar-refractivity contribution in [3.05, 3.63) is 89.5 Å². The molecule has 5 rings (SSSR count). The van der Waals surface area contributed by atoms with Gasteiger partial charge in [0.1, 0.15) is 22.2 Å². The second kappa shape index (κ2) is 11.1. The van der Waals surface area contributed by atoms with Crippen LogP contribution >= 0.6 is 0 Å². The first-order chi connectivity index (χ1) is 19.8. The van der Waals surface area contributed by atoms with Crippen LogP contribution in [-0.2, 0) is 36.9 Å². The summed E-state index contributed by atoms with van der Waals surface area (Å²) in [5.74, 6) is -2.57. The van der Waals surface area contributed by atoms with E-state index >= 15 is 0 Å². The summed E-state index contributed by atoms with van der Waals surface area (Å²) in [6, 6.07) is 20.4. The van der Waals surface area contributed by atoms with Gasteiger partial charge in [-0.3, -0.25) is 19.6 Å². The molecule has 220 valence electrons. The van der Waals surface area contributed by atoms with E-state index in [9.17, 15) is 26.4 Å². The van der Waals surface area contributed by atoms with E-state index in [0.717, 1.165) is 17.9 Å². The lowest BCUT2D eigenvalue weighted by Gasteiger charge is -2.42. The molecule has 2 atom stereocenters. The van der Waals surface area contributed by atoms with Crippen molar-refractivity contribution in [1.29, 1.82) is 0 Å². The number of nitrogens with one attached hydrogen (secondary N) is 3. The lowest BCUT2D eigenvalue weighted by atomic mass is 9.67. The Hall–Kier alpha value is -3.87. The molecule has 2 aliphatic rings. The van der Waals surface area contributed by atoms with Crippen molar-refractivity contribution in [2.24, 2.45) is 16.2 Å². The van der Waals surface area contributed by atoms with E-state index in [1.807, 2.05) is 30.3 Å². The molecule has 3 aromatic carbocycles. The molecule has 0 bridgehead atoms. The highest BCUT2D eigenvalue weighted by molar-refractivity contribution is 7.92. The summed E-state index contributed by atoms with van der Waals surface area (Å²) in [4.78, 5) is 28.3. The molecule has 42 heavy (non-hydrogen) atoms. The van der Waals surface area contributed by atoms with Gasteiger partial charge in [0, 0.05) is 17.8 Å². The van der Waals surface area contributed by atoms with E-state index in [4.69, 9.17) is 0 Å². The third-order valence-corrected chi connectivity index (χ3v) is 9.39. The van der Waals surface area contributed by atoms with Gasteiger partial charge in [-0.1, -0.05) is 68.4 Å². The molecule has 10 nitrogen and oxygen atoms in total. The Morgan fingerprint density at radius 2 is 1.69 bits per heavy atom. The fourth-order valence-corrected chi connectivity index (χ4v) is 7.17. The number of benzene rings is 3. The van der Waals surface area contributed by atoms with Gasteiger partial charge in [0.2, 0.25) is 10.0 Å². The molecule has 0 fully saturated rings. The molecule has 3 aromatic rings. The lowest BCUT2D eigenvalue weighted by Crippen LogP contribution is -2.59. The van der Waals surface area contributed by atoms with E-state index in [0.29, 0.717) is 30.5 Å². The highest BCUT2D eigenvalue weighted by Crippen LogP contribution is 2.42. The quantitative estimate of drug-likeness (QED) is 0.308. The Balaban J connectivity index is 1.61. The second-order valence-corrected chi connectivity index (χ2v) is 14.4. The number of nitrogens with zero attached hydrogens (tertiary/aromatic N) is 1. The van der Waals surface area contributed by atoms with Crippen molar-refractivity contribution in [2.45, 2.75) is 43.7 Å². The van der Waals surface area contributed by atoms with E-state index in [-0.39, 0.29) is 28.0 Å². The molecule has 0 amide bonds. The van der Waals surface area contributed by atoms with Crippen LogP contribution in [0.2, 0.25) is 0 Å². The number of hydrogen-bond acceptors (Lipinski definition) is 8. The molecule has 12 heteroatoms. The van der Waals surface area contributed by atoms with Crippen LogP contribution in [0.25, 0.3) is 0 Å². The predicted molar refractivity (Wildman–Crippen MR) is 161 cm³/mol. The number of carbonyl (C=O) groups is 2. The summed E-state index contributed by atoms with van der Waals surface area (Å²) in [6.07, 6.45) is 2.00. The molecule has 0 saturated carbocycles. The van der Waals surface area contributed by atoms with Gasteiger partial charge in [0.25, 0.3) is 10.0 Å². The van der Waals surface area contributed by atoms with Gasteiger partial charge in [-0.15, -0.1) is 4.40 Å². The number of Topliss-reactive ketones (excluding diaryl/α,β-unsaturated/α-hetero) is 2. The Bertz CT molecular complexity index is 1800. The van der Waals surface area contributed by atoms with Crippen LogP contribution in [-0.4, -0.2) is 40.5 Å². The average molecular weight is 609 g/mol. The molecular formula is C30H32N4O6S2. The second-order valence-electron chi connectivity index (χ2n) is 11.0. The number of hydrogen-bond donors (Lipinski definition) is 3. The molecule has 0 aromatic heterocycles. The molecule has 1 heterocycles. The van der Waals surface area contributed by atoms with Crippen molar-refractivity contribution >= 4 is 48.8 Å². The Morgan fingerprint density at radius 3 is 2.38 bits per heavy atom. The van der Waals surface area contributed by atoms with Gasteiger partial charge in [0.05, 0.1) is 11.9 Å². The third kappa shape index (κ3) is 5.74. The van der Waals surface area contributed by atoms with Crippen molar-refractivity contribution in [2.75, 3.05) is 16.3 Å². The van der Waals surface area contributed by atoms with Crippen LogP contribution < -0.4 is 15.4 Å². The zero-order valence-corrected chi connectivity index (χ0v) is 25.1. The molecule has 0 saturated heterocycles. The van der Waals surface area contributed by atoms with Crippen molar-refractivity contribution in [3.8, 4) is 0 Å². The van der Waals surface area contributed by atoms with Gasteiger partial charge >= 0.3 is 0 Å². The molecule has 0 radical (unpaired) electrons. The maximum absolute atomic E-state index is 14.6. The van der Waals surface area contributed by atoms with Crippen LogP contribution in [0.15, 0.2) is 82.1 Å². The topological polar surface area (TPSA) is 151 Å².